The SMILES string of the molecule is CCCCCCCCCCCCCCCC(=O)N[C@@H](CCC(=O)O)C(=O)N[C@@H](Cc1cnc[nH]1)C(=O)N[C@@H](CCCCN)C(=O)O. The fourth-order valence-corrected chi connectivity index (χ4v) is 5.23. The molecule has 0 saturated carbocycles. The Labute approximate surface area is 273 Å². The molecule has 0 aliphatic carbocycles. The first-order valence-corrected chi connectivity index (χ1v) is 17.2. The Hall–Kier alpha value is -3.48. The van der Waals surface area contributed by atoms with Crippen LogP contribution in [-0.4, -0.2) is 74.5 Å². The van der Waals surface area contributed by atoms with E-state index >= 15 is 0 Å². The molecule has 262 valence electrons. The van der Waals surface area contributed by atoms with E-state index in [2.05, 4.69) is 32.8 Å². The zero-order chi connectivity index (χ0) is 34.0. The zero-order valence-corrected chi connectivity index (χ0v) is 27.7. The first-order valence-electron chi connectivity index (χ1n) is 17.2. The number of imidazole rings is 1. The van der Waals surface area contributed by atoms with Crippen LogP contribution in [0.5, 0.6) is 0 Å². The van der Waals surface area contributed by atoms with Gasteiger partial charge in [0.25, 0.3) is 0 Å². The molecular weight excluding hydrogens is 592 g/mol. The topological polar surface area (TPSA) is 217 Å². The molecule has 3 amide bonds. The van der Waals surface area contributed by atoms with Gasteiger partial charge in [-0.1, -0.05) is 84.0 Å². The normalized spacial score (nSPS) is 13.0. The zero-order valence-electron chi connectivity index (χ0n) is 27.7. The summed E-state index contributed by atoms with van der Waals surface area (Å²) in [6, 6.07) is -3.56. The third-order valence-corrected chi connectivity index (χ3v) is 7.98. The van der Waals surface area contributed by atoms with Crippen LogP contribution in [0.4, 0.5) is 0 Å². The highest BCUT2D eigenvalue weighted by molar-refractivity contribution is 5.93. The molecule has 0 aromatic carbocycles. The first-order chi connectivity index (χ1) is 22.2. The number of H-pyrrole nitrogens is 1. The van der Waals surface area contributed by atoms with Crippen molar-refractivity contribution in [1.29, 1.82) is 0 Å². The number of aromatic amines is 1. The van der Waals surface area contributed by atoms with Crippen molar-refractivity contribution in [3.05, 3.63) is 18.2 Å². The lowest BCUT2D eigenvalue weighted by Crippen LogP contribution is -2.56. The predicted octanol–water partition coefficient (Wildman–Crippen LogP) is 3.97. The number of nitrogens with zero attached hydrogens (tertiary/aromatic N) is 1. The van der Waals surface area contributed by atoms with E-state index in [1.54, 1.807) is 0 Å². The van der Waals surface area contributed by atoms with Gasteiger partial charge < -0.3 is 36.9 Å². The van der Waals surface area contributed by atoms with Crippen LogP contribution in [0, 0.1) is 0 Å². The van der Waals surface area contributed by atoms with Crippen LogP contribution < -0.4 is 21.7 Å². The summed E-state index contributed by atoms with van der Waals surface area (Å²) in [5.74, 6) is -4.16. The second kappa shape index (κ2) is 25.7. The predicted molar refractivity (Wildman–Crippen MR) is 176 cm³/mol. The highest BCUT2D eigenvalue weighted by Crippen LogP contribution is 2.13. The number of rotatable bonds is 29. The first kappa shape index (κ1) is 40.5. The molecular formula is C33H58N6O7. The summed E-state index contributed by atoms with van der Waals surface area (Å²) >= 11 is 0. The van der Waals surface area contributed by atoms with Gasteiger partial charge in [0.05, 0.1) is 6.33 Å². The van der Waals surface area contributed by atoms with Gasteiger partial charge in [-0.15, -0.1) is 0 Å². The Morgan fingerprint density at radius 1 is 0.717 bits per heavy atom. The molecule has 13 heteroatoms. The maximum atomic E-state index is 13.3. The summed E-state index contributed by atoms with van der Waals surface area (Å²) in [6.07, 6.45) is 19.1. The number of nitrogens with two attached hydrogens (primary N) is 1. The van der Waals surface area contributed by atoms with E-state index in [-0.39, 0.29) is 38.0 Å². The summed E-state index contributed by atoms with van der Waals surface area (Å²) in [5.41, 5.74) is 6.01. The largest absolute Gasteiger partial charge is 0.481 e. The van der Waals surface area contributed by atoms with Crippen LogP contribution in [0.15, 0.2) is 12.5 Å². The summed E-state index contributed by atoms with van der Waals surface area (Å²) in [7, 11) is 0. The van der Waals surface area contributed by atoms with Crippen LogP contribution in [0.1, 0.15) is 135 Å². The smallest absolute Gasteiger partial charge is 0.326 e. The van der Waals surface area contributed by atoms with Gasteiger partial charge in [0, 0.05) is 31.2 Å². The van der Waals surface area contributed by atoms with Crippen molar-refractivity contribution in [2.45, 2.75) is 153 Å². The highest BCUT2D eigenvalue weighted by Gasteiger charge is 2.30. The van der Waals surface area contributed by atoms with Gasteiger partial charge in [0.1, 0.15) is 18.1 Å². The van der Waals surface area contributed by atoms with Gasteiger partial charge in [-0.25, -0.2) is 9.78 Å². The summed E-state index contributed by atoms with van der Waals surface area (Å²) in [5, 5.41) is 26.5. The molecule has 13 nitrogen and oxygen atoms in total. The number of amides is 3. The van der Waals surface area contributed by atoms with Gasteiger partial charge in [-0.3, -0.25) is 19.2 Å². The second-order valence-corrected chi connectivity index (χ2v) is 12.1. The number of carboxylic acids is 2. The van der Waals surface area contributed by atoms with E-state index in [0.29, 0.717) is 31.5 Å². The molecule has 0 aliphatic rings. The monoisotopic (exact) mass is 650 g/mol. The fourth-order valence-electron chi connectivity index (χ4n) is 5.23. The van der Waals surface area contributed by atoms with E-state index in [1.165, 1.54) is 70.3 Å². The van der Waals surface area contributed by atoms with Gasteiger partial charge in [-0.2, -0.15) is 0 Å². The number of carbonyl (C=O) groups is 5. The number of aromatic nitrogens is 2. The van der Waals surface area contributed by atoms with Gasteiger partial charge in [0.2, 0.25) is 17.7 Å². The maximum Gasteiger partial charge on any atom is 0.326 e. The maximum absolute atomic E-state index is 13.3. The summed E-state index contributed by atoms with van der Waals surface area (Å²) < 4.78 is 0. The average molecular weight is 651 g/mol. The minimum Gasteiger partial charge on any atom is -0.481 e. The Balaban J connectivity index is 2.63. The molecule has 46 heavy (non-hydrogen) atoms. The van der Waals surface area contributed by atoms with E-state index in [4.69, 9.17) is 5.73 Å². The minimum absolute atomic E-state index is 0.0226. The molecule has 0 fully saturated rings. The molecule has 0 spiro atoms. The highest BCUT2D eigenvalue weighted by atomic mass is 16.4. The quantitative estimate of drug-likeness (QED) is 0.0623. The van der Waals surface area contributed by atoms with Crippen LogP contribution in [0.25, 0.3) is 0 Å². The van der Waals surface area contributed by atoms with Crippen LogP contribution >= 0.6 is 0 Å². The van der Waals surface area contributed by atoms with E-state index in [9.17, 15) is 34.2 Å². The molecule has 1 aromatic rings. The Morgan fingerprint density at radius 2 is 1.28 bits per heavy atom. The fraction of sp³-hybridized carbons (Fsp3) is 0.758. The number of carbonyl (C=O) groups excluding carboxylic acids is 3. The van der Waals surface area contributed by atoms with Crippen molar-refractivity contribution < 1.29 is 34.2 Å². The average Bonchev–Trinajstić information content (AvgIpc) is 3.53. The van der Waals surface area contributed by atoms with Crippen LogP contribution in [-0.2, 0) is 30.4 Å². The lowest BCUT2D eigenvalue weighted by molar-refractivity contribution is -0.142. The van der Waals surface area contributed by atoms with Gasteiger partial charge in [-0.05, 0) is 38.6 Å². The van der Waals surface area contributed by atoms with E-state index in [0.717, 1.165) is 19.3 Å². The number of hydrogen-bond donors (Lipinski definition) is 7. The number of aliphatic carboxylic acids is 2. The Morgan fingerprint density at radius 3 is 1.80 bits per heavy atom. The number of hydrogen-bond acceptors (Lipinski definition) is 7. The number of carboxylic acid groups (broad SMARTS) is 2. The summed E-state index contributed by atoms with van der Waals surface area (Å²) in [4.78, 5) is 69.0. The van der Waals surface area contributed by atoms with Crippen molar-refractivity contribution in [2.24, 2.45) is 5.73 Å². The van der Waals surface area contributed by atoms with Crippen molar-refractivity contribution in [3.8, 4) is 0 Å². The number of unbranched alkanes of at least 4 members (excludes halogenated alkanes) is 13. The molecule has 1 aromatic heterocycles. The number of nitrogens with one attached hydrogen (secondary N) is 4. The molecule has 0 unspecified atom stereocenters. The van der Waals surface area contributed by atoms with Crippen LogP contribution in [0.3, 0.4) is 0 Å². The van der Waals surface area contributed by atoms with Crippen molar-refractivity contribution in [2.75, 3.05) is 6.54 Å². The van der Waals surface area contributed by atoms with Crippen molar-refractivity contribution >= 4 is 29.7 Å². The minimum atomic E-state index is -1.21. The molecule has 0 bridgehead atoms. The second-order valence-electron chi connectivity index (χ2n) is 12.1. The molecule has 0 aliphatic heterocycles. The molecule has 1 rings (SSSR count). The standard InChI is InChI=1S/C33H58N6O7/c1-2-3-4-5-6-7-8-9-10-11-12-13-14-18-29(40)37-26(19-20-30(41)42)31(43)39-28(22-25-23-35-24-36-25)32(44)38-27(33(45)46)17-15-16-21-34/h23-24,26-28H,2-22,34H2,1H3,(H,35,36)(H,37,40)(H,38,44)(H,39,43)(H,41,42)(H,45,46)/t26-,27-,28-/m0/s1. The third kappa shape index (κ3) is 19.8. The Bertz CT molecular complexity index is 1000. The molecule has 3 atom stereocenters. The molecule has 1 heterocycles. The summed E-state index contributed by atoms with van der Waals surface area (Å²) in [6.45, 7) is 2.62. The molecule has 0 radical (unpaired) electrons. The van der Waals surface area contributed by atoms with Gasteiger partial charge in [0.15, 0.2) is 0 Å². The van der Waals surface area contributed by atoms with Crippen molar-refractivity contribution in [1.82, 2.24) is 25.9 Å². The lowest BCUT2D eigenvalue weighted by Gasteiger charge is -2.24. The van der Waals surface area contributed by atoms with Crippen LogP contribution in [0.2, 0.25) is 0 Å². The lowest BCUT2D eigenvalue weighted by atomic mass is 10.0. The van der Waals surface area contributed by atoms with E-state index in [1.807, 2.05) is 0 Å². The molecule has 8 N–H and O–H groups in total. The Kier molecular flexibility index (Phi) is 22.6. The van der Waals surface area contributed by atoms with Gasteiger partial charge >= 0.3 is 11.9 Å². The third-order valence-electron chi connectivity index (χ3n) is 7.98. The molecule has 0 saturated heterocycles. The van der Waals surface area contributed by atoms with Crippen molar-refractivity contribution in [3.63, 3.8) is 0 Å². The van der Waals surface area contributed by atoms with E-state index < -0.39 is 41.9 Å².